The molecule has 7 heteroatoms. The van der Waals surface area contributed by atoms with Crippen LogP contribution in [0, 0.1) is 0 Å². The van der Waals surface area contributed by atoms with Gasteiger partial charge in [0.25, 0.3) is 0 Å². The SMILES string of the molecule is c1ccc(-c2nc(-c3ccccc3)nc(-c3ccc(-c4cccc5sc6cc7oc(-c8ccccc8)nc7cc6c45)c4oc5ccccc5c34)n2)cc1. The highest BCUT2D eigenvalue weighted by Crippen LogP contribution is 2.46. The number of aromatic nitrogens is 4. The first-order chi connectivity index (χ1) is 26.2. The molecular weight excluding hydrogens is 673 g/mol. The molecule has 0 bridgehead atoms. The Balaban J connectivity index is 1.15. The van der Waals surface area contributed by atoms with Crippen LogP contribution in [0.5, 0.6) is 0 Å². The zero-order chi connectivity index (χ0) is 34.9. The van der Waals surface area contributed by atoms with Crippen LogP contribution in [0.25, 0.3) is 110 Å². The first kappa shape index (κ1) is 29.7. The predicted molar refractivity (Wildman–Crippen MR) is 215 cm³/mol. The lowest BCUT2D eigenvalue weighted by Crippen LogP contribution is -2.00. The molecule has 0 aliphatic rings. The zero-order valence-electron chi connectivity index (χ0n) is 28.0. The van der Waals surface area contributed by atoms with Crippen molar-refractivity contribution < 1.29 is 8.83 Å². The second-order valence-corrected chi connectivity index (χ2v) is 14.1. The van der Waals surface area contributed by atoms with E-state index in [1.807, 2.05) is 109 Å². The molecule has 0 N–H and O–H groups in total. The Hall–Kier alpha value is -6.96. The summed E-state index contributed by atoms with van der Waals surface area (Å²) in [5.74, 6) is 2.43. The minimum atomic E-state index is 0.586. The van der Waals surface area contributed by atoms with Gasteiger partial charge in [-0.25, -0.2) is 19.9 Å². The van der Waals surface area contributed by atoms with E-state index in [0.717, 1.165) is 81.9 Å². The normalized spacial score (nSPS) is 11.8. The first-order valence-corrected chi connectivity index (χ1v) is 18.2. The van der Waals surface area contributed by atoms with Crippen molar-refractivity contribution in [2.45, 2.75) is 0 Å². The molecule has 0 amide bonds. The number of hydrogen-bond acceptors (Lipinski definition) is 7. The molecule has 0 atom stereocenters. The van der Waals surface area contributed by atoms with Crippen molar-refractivity contribution in [2.75, 3.05) is 0 Å². The van der Waals surface area contributed by atoms with Crippen molar-refractivity contribution in [3.63, 3.8) is 0 Å². The highest BCUT2D eigenvalue weighted by molar-refractivity contribution is 7.26. The molecule has 6 nitrogen and oxygen atoms in total. The smallest absolute Gasteiger partial charge is 0.227 e. The molecule has 4 heterocycles. The van der Waals surface area contributed by atoms with Gasteiger partial charge >= 0.3 is 0 Å². The van der Waals surface area contributed by atoms with Crippen LogP contribution < -0.4 is 0 Å². The fourth-order valence-corrected chi connectivity index (χ4v) is 8.47. The molecule has 0 saturated heterocycles. The fourth-order valence-electron chi connectivity index (χ4n) is 7.33. The highest BCUT2D eigenvalue weighted by Gasteiger charge is 2.23. The molecule has 4 aromatic heterocycles. The summed E-state index contributed by atoms with van der Waals surface area (Å²) < 4.78 is 15.4. The number of rotatable bonds is 5. The van der Waals surface area contributed by atoms with Crippen LogP contribution in [-0.2, 0) is 0 Å². The van der Waals surface area contributed by atoms with E-state index < -0.39 is 0 Å². The lowest BCUT2D eigenvalue weighted by Gasteiger charge is -2.11. The molecule has 0 saturated carbocycles. The van der Waals surface area contributed by atoms with Gasteiger partial charge in [-0.1, -0.05) is 109 Å². The van der Waals surface area contributed by atoms with Gasteiger partial charge in [0.1, 0.15) is 16.7 Å². The quantitative estimate of drug-likeness (QED) is 0.178. The summed E-state index contributed by atoms with van der Waals surface area (Å²) in [6.07, 6.45) is 0. The standard InChI is InChI=1S/C46H26N4O2S/c1-4-13-27(14-5-1)43-48-44(28-15-6-2-7-16-28)50-45(49-43)33-24-23-31(42-41(33)32-19-10-11-21-36(32)51-42)30-20-12-22-38-40(30)34-25-35-37(26-39(34)53-38)52-46(47-35)29-17-8-3-9-18-29/h1-26H. The maximum atomic E-state index is 6.79. The predicted octanol–water partition coefficient (Wildman–Crippen LogP) is 12.6. The number of benzene rings is 7. The van der Waals surface area contributed by atoms with Gasteiger partial charge in [-0.15, -0.1) is 11.3 Å². The van der Waals surface area contributed by atoms with E-state index in [2.05, 4.69) is 48.5 Å². The van der Waals surface area contributed by atoms with Gasteiger partial charge in [-0.2, -0.15) is 0 Å². The average molecular weight is 699 g/mol. The molecule has 0 unspecified atom stereocenters. The number of thiophene rings is 1. The second-order valence-electron chi connectivity index (χ2n) is 13.0. The topological polar surface area (TPSA) is 77.8 Å². The first-order valence-electron chi connectivity index (χ1n) is 17.4. The molecule has 0 aliphatic carbocycles. The van der Waals surface area contributed by atoms with Gasteiger partial charge in [-0.3, -0.25) is 0 Å². The third kappa shape index (κ3) is 4.86. The molecule has 11 rings (SSSR count). The highest BCUT2D eigenvalue weighted by atomic mass is 32.1. The van der Waals surface area contributed by atoms with Crippen LogP contribution in [0.1, 0.15) is 0 Å². The van der Waals surface area contributed by atoms with E-state index >= 15 is 0 Å². The van der Waals surface area contributed by atoms with Gasteiger partial charge < -0.3 is 8.83 Å². The summed E-state index contributed by atoms with van der Waals surface area (Å²) in [5, 5.41) is 4.26. The Morgan fingerprint density at radius 1 is 0.396 bits per heavy atom. The summed E-state index contributed by atoms with van der Waals surface area (Å²) in [6, 6.07) is 53.4. The van der Waals surface area contributed by atoms with Crippen molar-refractivity contribution in [3.05, 3.63) is 158 Å². The van der Waals surface area contributed by atoms with Gasteiger partial charge in [0.05, 0.1) is 0 Å². The molecule has 0 spiro atoms. The molecule has 248 valence electrons. The number of para-hydroxylation sites is 1. The summed E-state index contributed by atoms with van der Waals surface area (Å²) >= 11 is 1.75. The fraction of sp³-hybridized carbons (Fsp3) is 0. The minimum absolute atomic E-state index is 0.586. The van der Waals surface area contributed by atoms with E-state index in [1.165, 1.54) is 4.70 Å². The Bertz CT molecular complexity index is 3110. The lowest BCUT2D eigenvalue weighted by atomic mass is 9.95. The Morgan fingerprint density at radius 3 is 1.77 bits per heavy atom. The summed E-state index contributed by atoms with van der Waals surface area (Å²) in [4.78, 5) is 20.0. The Kier molecular flexibility index (Phi) is 6.62. The van der Waals surface area contributed by atoms with Crippen molar-refractivity contribution in [1.29, 1.82) is 0 Å². The second kappa shape index (κ2) is 11.8. The van der Waals surface area contributed by atoms with E-state index in [0.29, 0.717) is 23.4 Å². The van der Waals surface area contributed by atoms with Crippen LogP contribution in [-0.4, -0.2) is 19.9 Å². The van der Waals surface area contributed by atoms with Crippen molar-refractivity contribution in [3.8, 4) is 56.7 Å². The summed E-state index contributed by atoms with van der Waals surface area (Å²) in [7, 11) is 0. The molecule has 11 aromatic rings. The molecular formula is C46H26N4O2S. The molecule has 7 aromatic carbocycles. The minimum Gasteiger partial charge on any atom is -0.455 e. The zero-order valence-corrected chi connectivity index (χ0v) is 28.8. The molecule has 0 radical (unpaired) electrons. The van der Waals surface area contributed by atoms with Gasteiger partial charge in [0, 0.05) is 64.8 Å². The van der Waals surface area contributed by atoms with Crippen molar-refractivity contribution in [1.82, 2.24) is 19.9 Å². The maximum Gasteiger partial charge on any atom is 0.227 e. The summed E-state index contributed by atoms with van der Waals surface area (Å²) in [6.45, 7) is 0. The van der Waals surface area contributed by atoms with Crippen LogP contribution in [0.4, 0.5) is 0 Å². The maximum absolute atomic E-state index is 6.79. The van der Waals surface area contributed by atoms with E-state index in [4.69, 9.17) is 28.8 Å². The number of furan rings is 1. The molecule has 0 fully saturated rings. The average Bonchev–Trinajstić information content (AvgIpc) is 3.93. The molecule has 0 aliphatic heterocycles. The van der Waals surface area contributed by atoms with Gasteiger partial charge in [0.15, 0.2) is 23.1 Å². The van der Waals surface area contributed by atoms with E-state index in [-0.39, 0.29) is 0 Å². The Labute approximate surface area is 306 Å². The van der Waals surface area contributed by atoms with Crippen LogP contribution in [0.2, 0.25) is 0 Å². The third-order valence-electron chi connectivity index (χ3n) is 9.78. The number of nitrogens with zero attached hydrogens (tertiary/aromatic N) is 4. The Morgan fingerprint density at radius 2 is 1.04 bits per heavy atom. The largest absolute Gasteiger partial charge is 0.455 e. The monoisotopic (exact) mass is 698 g/mol. The van der Waals surface area contributed by atoms with Crippen molar-refractivity contribution >= 4 is 64.5 Å². The summed E-state index contributed by atoms with van der Waals surface area (Å²) in [5.41, 5.74) is 8.95. The number of fused-ring (bicyclic) bond motifs is 7. The van der Waals surface area contributed by atoms with Crippen LogP contribution in [0.3, 0.4) is 0 Å². The molecule has 53 heavy (non-hydrogen) atoms. The van der Waals surface area contributed by atoms with Gasteiger partial charge in [0.2, 0.25) is 5.89 Å². The number of hydrogen-bond donors (Lipinski definition) is 0. The van der Waals surface area contributed by atoms with Gasteiger partial charge in [-0.05, 0) is 48.0 Å². The van der Waals surface area contributed by atoms with Crippen molar-refractivity contribution in [2.24, 2.45) is 0 Å². The van der Waals surface area contributed by atoms with Crippen LogP contribution >= 0.6 is 11.3 Å². The van der Waals surface area contributed by atoms with Crippen LogP contribution in [0.15, 0.2) is 167 Å². The number of oxazole rings is 1. The third-order valence-corrected chi connectivity index (χ3v) is 10.9. The lowest BCUT2D eigenvalue weighted by molar-refractivity contribution is 0.620. The van der Waals surface area contributed by atoms with E-state index in [9.17, 15) is 0 Å². The van der Waals surface area contributed by atoms with E-state index in [1.54, 1.807) is 11.3 Å².